The van der Waals surface area contributed by atoms with E-state index in [4.69, 9.17) is 4.42 Å². The molecule has 20 heavy (non-hydrogen) atoms. The molecule has 1 aliphatic rings. The first kappa shape index (κ1) is 13.6. The van der Waals surface area contributed by atoms with Crippen LogP contribution in [0.2, 0.25) is 0 Å². The highest BCUT2D eigenvalue weighted by atomic mass is 79.9. The van der Waals surface area contributed by atoms with Gasteiger partial charge in [-0.05, 0) is 59.8 Å². The van der Waals surface area contributed by atoms with Gasteiger partial charge in [0, 0.05) is 10.5 Å². The van der Waals surface area contributed by atoms with Crippen molar-refractivity contribution in [2.75, 3.05) is 5.32 Å². The SMILES string of the molecule is Cc1cc(C)c(Nc2nnc(CNC3CC3)o2)c(Br)c1. The maximum Gasteiger partial charge on any atom is 0.320 e. The van der Waals surface area contributed by atoms with Crippen LogP contribution in [0.5, 0.6) is 0 Å². The van der Waals surface area contributed by atoms with Gasteiger partial charge in [-0.1, -0.05) is 11.2 Å². The van der Waals surface area contributed by atoms with Crippen LogP contribution in [0.15, 0.2) is 21.0 Å². The molecule has 0 aliphatic heterocycles. The van der Waals surface area contributed by atoms with Gasteiger partial charge < -0.3 is 15.1 Å². The molecule has 0 amide bonds. The standard InChI is InChI=1S/C14H17BrN4O/c1-8-5-9(2)13(11(15)6-8)17-14-19-18-12(20-14)7-16-10-3-4-10/h5-6,10,16H,3-4,7H2,1-2H3,(H,17,19). The molecule has 1 aromatic carbocycles. The molecule has 0 radical (unpaired) electrons. The van der Waals surface area contributed by atoms with Gasteiger partial charge in [-0.25, -0.2) is 0 Å². The van der Waals surface area contributed by atoms with Crippen LogP contribution in [-0.4, -0.2) is 16.2 Å². The number of halogens is 1. The van der Waals surface area contributed by atoms with Crippen molar-refractivity contribution in [2.24, 2.45) is 0 Å². The fourth-order valence-electron chi connectivity index (χ4n) is 2.08. The third-order valence-corrected chi connectivity index (χ3v) is 3.88. The van der Waals surface area contributed by atoms with E-state index in [2.05, 4.69) is 55.8 Å². The van der Waals surface area contributed by atoms with Crippen LogP contribution < -0.4 is 10.6 Å². The molecule has 5 nitrogen and oxygen atoms in total. The predicted octanol–water partition coefficient (Wildman–Crippen LogP) is 3.44. The Morgan fingerprint density at radius 3 is 2.80 bits per heavy atom. The summed E-state index contributed by atoms with van der Waals surface area (Å²) in [6.45, 7) is 4.75. The lowest BCUT2D eigenvalue weighted by Crippen LogP contribution is -2.15. The molecule has 0 spiro atoms. The molecule has 0 saturated heterocycles. The van der Waals surface area contributed by atoms with E-state index in [1.807, 2.05) is 6.92 Å². The Morgan fingerprint density at radius 2 is 2.10 bits per heavy atom. The Kier molecular flexibility index (Phi) is 3.76. The minimum atomic E-state index is 0.422. The van der Waals surface area contributed by atoms with Gasteiger partial charge in [0.25, 0.3) is 0 Å². The quantitative estimate of drug-likeness (QED) is 0.875. The molecule has 1 saturated carbocycles. The molecule has 0 bridgehead atoms. The summed E-state index contributed by atoms with van der Waals surface area (Å²) >= 11 is 3.56. The molecule has 106 valence electrons. The molecule has 0 atom stereocenters. The first-order chi connectivity index (χ1) is 9.61. The van der Waals surface area contributed by atoms with Crippen molar-refractivity contribution in [1.29, 1.82) is 0 Å². The van der Waals surface area contributed by atoms with Crippen molar-refractivity contribution < 1.29 is 4.42 Å². The van der Waals surface area contributed by atoms with Crippen LogP contribution in [-0.2, 0) is 6.54 Å². The topological polar surface area (TPSA) is 63.0 Å². The first-order valence-electron chi connectivity index (χ1n) is 6.71. The Bertz CT molecular complexity index is 598. The van der Waals surface area contributed by atoms with E-state index in [9.17, 15) is 0 Å². The zero-order valence-electron chi connectivity index (χ0n) is 11.5. The fraction of sp³-hybridized carbons (Fsp3) is 0.429. The third-order valence-electron chi connectivity index (χ3n) is 3.25. The average molecular weight is 337 g/mol. The second-order valence-corrected chi connectivity index (χ2v) is 6.07. The van der Waals surface area contributed by atoms with Crippen LogP contribution in [0.25, 0.3) is 0 Å². The fourth-order valence-corrected chi connectivity index (χ4v) is 2.85. The first-order valence-corrected chi connectivity index (χ1v) is 7.50. The average Bonchev–Trinajstić information content (AvgIpc) is 3.11. The molecule has 3 rings (SSSR count). The van der Waals surface area contributed by atoms with Gasteiger partial charge in [-0.2, -0.15) is 0 Å². The summed E-state index contributed by atoms with van der Waals surface area (Å²) in [5.41, 5.74) is 3.30. The zero-order chi connectivity index (χ0) is 14.1. The molecule has 6 heteroatoms. The molecule has 1 heterocycles. The summed E-state index contributed by atoms with van der Waals surface area (Å²) in [5, 5.41) is 14.6. The zero-order valence-corrected chi connectivity index (χ0v) is 13.1. The Morgan fingerprint density at radius 1 is 1.30 bits per heavy atom. The number of rotatable bonds is 5. The molecule has 1 fully saturated rings. The van der Waals surface area contributed by atoms with Crippen LogP contribution in [0.4, 0.5) is 11.7 Å². The highest BCUT2D eigenvalue weighted by molar-refractivity contribution is 9.10. The summed E-state index contributed by atoms with van der Waals surface area (Å²) < 4.78 is 6.58. The van der Waals surface area contributed by atoms with Gasteiger partial charge in [0.15, 0.2) is 0 Å². The van der Waals surface area contributed by atoms with E-state index in [0.29, 0.717) is 24.5 Å². The largest absolute Gasteiger partial charge is 0.406 e. The summed E-state index contributed by atoms with van der Waals surface area (Å²) in [4.78, 5) is 0. The van der Waals surface area contributed by atoms with Crippen molar-refractivity contribution >= 4 is 27.6 Å². The second-order valence-electron chi connectivity index (χ2n) is 5.22. The maximum absolute atomic E-state index is 5.59. The monoisotopic (exact) mass is 336 g/mol. The second kappa shape index (κ2) is 5.54. The van der Waals surface area contributed by atoms with Crippen molar-refractivity contribution in [3.8, 4) is 0 Å². The van der Waals surface area contributed by atoms with E-state index < -0.39 is 0 Å². The highest BCUT2D eigenvalue weighted by Crippen LogP contribution is 2.30. The summed E-state index contributed by atoms with van der Waals surface area (Å²) in [6, 6.07) is 5.22. The van der Waals surface area contributed by atoms with E-state index in [0.717, 1.165) is 15.7 Å². The van der Waals surface area contributed by atoms with E-state index in [-0.39, 0.29) is 0 Å². The molecular formula is C14H17BrN4O. The number of hydrogen-bond donors (Lipinski definition) is 2. The van der Waals surface area contributed by atoms with E-state index in [1.54, 1.807) is 0 Å². The number of nitrogens with one attached hydrogen (secondary N) is 2. The van der Waals surface area contributed by atoms with Gasteiger partial charge in [0.2, 0.25) is 5.89 Å². The summed E-state index contributed by atoms with van der Waals surface area (Å²) in [6.07, 6.45) is 2.49. The minimum absolute atomic E-state index is 0.422. The Hall–Kier alpha value is -1.40. The Balaban J connectivity index is 1.70. The number of benzene rings is 1. The molecule has 1 aliphatic carbocycles. The van der Waals surface area contributed by atoms with Crippen molar-refractivity contribution in [1.82, 2.24) is 15.5 Å². The Labute approximate surface area is 126 Å². The normalized spacial score (nSPS) is 14.6. The van der Waals surface area contributed by atoms with Gasteiger partial charge >= 0.3 is 6.01 Å². The summed E-state index contributed by atoms with van der Waals surface area (Å²) in [5.74, 6) is 0.611. The predicted molar refractivity (Wildman–Crippen MR) is 81.1 cm³/mol. The lowest BCUT2D eigenvalue weighted by molar-refractivity contribution is 0.478. The number of aryl methyl sites for hydroxylation is 2. The van der Waals surface area contributed by atoms with E-state index in [1.165, 1.54) is 18.4 Å². The summed E-state index contributed by atoms with van der Waals surface area (Å²) in [7, 11) is 0. The van der Waals surface area contributed by atoms with Crippen LogP contribution in [0, 0.1) is 13.8 Å². The van der Waals surface area contributed by atoms with Crippen molar-refractivity contribution in [3.05, 3.63) is 33.6 Å². The van der Waals surface area contributed by atoms with Crippen molar-refractivity contribution in [2.45, 2.75) is 39.3 Å². The highest BCUT2D eigenvalue weighted by Gasteiger charge is 2.21. The molecule has 1 aromatic heterocycles. The number of nitrogens with zero attached hydrogens (tertiary/aromatic N) is 2. The number of anilines is 2. The lowest BCUT2D eigenvalue weighted by Gasteiger charge is -2.09. The maximum atomic E-state index is 5.59. The number of aromatic nitrogens is 2. The molecule has 2 N–H and O–H groups in total. The lowest BCUT2D eigenvalue weighted by atomic mass is 10.1. The van der Waals surface area contributed by atoms with Gasteiger partial charge in [0.1, 0.15) is 0 Å². The van der Waals surface area contributed by atoms with Gasteiger partial charge in [-0.3, -0.25) is 0 Å². The van der Waals surface area contributed by atoms with Crippen LogP contribution in [0.1, 0.15) is 29.9 Å². The van der Waals surface area contributed by atoms with Gasteiger partial charge in [-0.15, -0.1) is 5.10 Å². The third kappa shape index (κ3) is 3.19. The molecule has 2 aromatic rings. The number of hydrogen-bond acceptors (Lipinski definition) is 5. The van der Waals surface area contributed by atoms with Crippen LogP contribution in [0.3, 0.4) is 0 Å². The smallest absolute Gasteiger partial charge is 0.320 e. The van der Waals surface area contributed by atoms with Crippen LogP contribution >= 0.6 is 15.9 Å². The molecular weight excluding hydrogens is 320 g/mol. The van der Waals surface area contributed by atoms with E-state index >= 15 is 0 Å². The minimum Gasteiger partial charge on any atom is -0.406 e. The van der Waals surface area contributed by atoms with Crippen molar-refractivity contribution in [3.63, 3.8) is 0 Å². The molecule has 0 unspecified atom stereocenters. The van der Waals surface area contributed by atoms with Gasteiger partial charge in [0.05, 0.1) is 12.2 Å².